The van der Waals surface area contributed by atoms with Crippen LogP contribution in [0, 0.1) is 11.6 Å². The zero-order valence-corrected chi connectivity index (χ0v) is 30.5. The zero-order chi connectivity index (χ0) is 38.7. The highest BCUT2D eigenvalue weighted by Crippen LogP contribution is 2.34. The van der Waals surface area contributed by atoms with E-state index in [2.05, 4.69) is 15.0 Å². The molecule has 0 fully saturated rings. The first-order valence-corrected chi connectivity index (χ1v) is 18.7. The van der Waals surface area contributed by atoms with E-state index in [1.807, 2.05) is 115 Å². The molecule has 0 atom stereocenters. The van der Waals surface area contributed by atoms with E-state index >= 15 is 8.78 Å². The fourth-order valence-electron chi connectivity index (χ4n) is 7.61. The largest absolute Gasteiger partial charge is 0.254 e. The number of pyridine rings is 4. The SMILES string of the molecule is Fc1cc(-c2cnc3c(ccc4cccnc43)c2)ccc1-c1nc(-c2ccc3ccccc3c2)nc(-c2ccc(-c3cnc4c(ccc5cccnc54)c3)cc2F)n1. The summed E-state index contributed by atoms with van der Waals surface area (Å²) in [6, 6.07) is 43.3. The molecule has 6 aromatic carbocycles. The van der Waals surface area contributed by atoms with E-state index in [0.29, 0.717) is 16.7 Å². The summed E-state index contributed by atoms with van der Waals surface area (Å²) in [7, 11) is 0. The topological polar surface area (TPSA) is 90.2 Å². The first kappa shape index (κ1) is 33.4. The minimum Gasteiger partial charge on any atom is -0.254 e. The van der Waals surface area contributed by atoms with E-state index in [-0.39, 0.29) is 28.6 Å². The molecule has 0 aliphatic heterocycles. The van der Waals surface area contributed by atoms with E-state index in [9.17, 15) is 0 Å². The second kappa shape index (κ2) is 13.4. The van der Waals surface area contributed by atoms with Gasteiger partial charge in [-0.25, -0.2) is 23.7 Å². The van der Waals surface area contributed by atoms with E-state index < -0.39 is 11.6 Å². The first-order chi connectivity index (χ1) is 28.5. The number of benzene rings is 6. The molecular weight excluding hydrogens is 725 g/mol. The lowest BCUT2D eigenvalue weighted by Crippen LogP contribution is -2.02. The van der Waals surface area contributed by atoms with Gasteiger partial charge in [-0.05, 0) is 76.5 Å². The Bertz CT molecular complexity index is 3270. The van der Waals surface area contributed by atoms with E-state index in [0.717, 1.165) is 65.5 Å². The molecule has 9 heteroatoms. The van der Waals surface area contributed by atoms with Crippen LogP contribution in [-0.2, 0) is 0 Å². The molecule has 0 saturated heterocycles. The van der Waals surface area contributed by atoms with Crippen LogP contribution in [0.25, 0.3) is 111 Å². The molecule has 0 aliphatic rings. The van der Waals surface area contributed by atoms with Crippen LogP contribution in [-0.4, -0.2) is 34.9 Å². The quantitative estimate of drug-likeness (QED) is 0.162. The Morgan fingerprint density at radius 2 is 0.741 bits per heavy atom. The number of nitrogens with zero attached hydrogens (tertiary/aromatic N) is 7. The Kier molecular flexibility index (Phi) is 7.72. The average molecular weight is 752 g/mol. The standard InChI is InChI=1S/C49H27F2N7/c50-41-24-32(37-22-34-12-10-29-7-3-19-52-43(29)45(34)54-26-37)15-17-39(41)48-56-47(36-14-9-28-5-1-2-6-31(28)21-36)57-49(58-48)40-18-16-33(25-42(40)51)38-23-35-13-11-30-8-4-20-53-44(30)46(35)55-27-38/h1-27H. The molecule has 5 aromatic heterocycles. The van der Waals surface area contributed by atoms with Gasteiger partial charge in [0.05, 0.1) is 33.2 Å². The highest BCUT2D eigenvalue weighted by atomic mass is 19.1. The molecule has 0 amide bonds. The summed E-state index contributed by atoms with van der Waals surface area (Å²) in [5.41, 5.74) is 6.92. The molecule has 0 saturated carbocycles. The monoisotopic (exact) mass is 751 g/mol. The number of halogens is 2. The molecule has 11 aromatic rings. The summed E-state index contributed by atoms with van der Waals surface area (Å²) in [6.45, 7) is 0. The molecule has 0 N–H and O–H groups in total. The van der Waals surface area contributed by atoms with Gasteiger partial charge in [-0.2, -0.15) is 0 Å². The van der Waals surface area contributed by atoms with Crippen molar-refractivity contribution in [1.82, 2.24) is 34.9 Å². The maximum atomic E-state index is 16.3. The maximum absolute atomic E-state index is 16.3. The van der Waals surface area contributed by atoms with Crippen molar-refractivity contribution in [3.8, 4) is 56.4 Å². The molecule has 0 radical (unpaired) electrons. The molecule has 11 rings (SSSR count). The van der Waals surface area contributed by atoms with E-state index in [1.165, 1.54) is 12.1 Å². The Labute approximate surface area is 329 Å². The van der Waals surface area contributed by atoms with E-state index in [4.69, 9.17) is 19.9 Å². The summed E-state index contributed by atoms with van der Waals surface area (Å²) in [5, 5.41) is 5.81. The van der Waals surface area contributed by atoms with Crippen molar-refractivity contribution >= 4 is 54.4 Å². The van der Waals surface area contributed by atoms with Crippen LogP contribution in [0.15, 0.2) is 164 Å². The van der Waals surface area contributed by atoms with Gasteiger partial charge in [0.15, 0.2) is 17.5 Å². The maximum Gasteiger partial charge on any atom is 0.167 e. The average Bonchev–Trinajstić information content (AvgIpc) is 3.28. The normalized spacial score (nSPS) is 11.6. The molecule has 5 heterocycles. The third-order valence-electron chi connectivity index (χ3n) is 10.6. The lowest BCUT2D eigenvalue weighted by molar-refractivity contribution is 0.629. The minimum absolute atomic E-state index is 0.0782. The predicted molar refractivity (Wildman–Crippen MR) is 226 cm³/mol. The van der Waals surface area contributed by atoms with Crippen molar-refractivity contribution < 1.29 is 8.78 Å². The van der Waals surface area contributed by atoms with Crippen LogP contribution < -0.4 is 0 Å². The summed E-state index contributed by atoms with van der Waals surface area (Å²) in [4.78, 5) is 32.7. The predicted octanol–water partition coefficient (Wildman–Crippen LogP) is 11.8. The summed E-state index contributed by atoms with van der Waals surface area (Å²) in [6.07, 6.45) is 6.94. The molecule has 0 bridgehead atoms. The molecule has 0 aliphatic carbocycles. The van der Waals surface area contributed by atoms with Crippen molar-refractivity contribution in [3.63, 3.8) is 0 Å². The van der Waals surface area contributed by atoms with Gasteiger partial charge in [-0.1, -0.05) is 84.9 Å². The number of hydrogen-bond donors (Lipinski definition) is 0. The second-order valence-electron chi connectivity index (χ2n) is 14.1. The number of fused-ring (bicyclic) bond motifs is 7. The van der Waals surface area contributed by atoms with Gasteiger partial charge in [0.2, 0.25) is 0 Å². The van der Waals surface area contributed by atoms with Crippen molar-refractivity contribution in [2.75, 3.05) is 0 Å². The van der Waals surface area contributed by atoms with Crippen LogP contribution in [0.2, 0.25) is 0 Å². The number of aromatic nitrogens is 7. The Hall–Kier alpha value is -7.91. The molecule has 58 heavy (non-hydrogen) atoms. The van der Waals surface area contributed by atoms with Crippen molar-refractivity contribution in [2.24, 2.45) is 0 Å². The fourth-order valence-corrected chi connectivity index (χ4v) is 7.61. The smallest absolute Gasteiger partial charge is 0.167 e. The lowest BCUT2D eigenvalue weighted by Gasteiger charge is -2.12. The molecule has 7 nitrogen and oxygen atoms in total. The Balaban J connectivity index is 0.999. The number of rotatable bonds is 5. The zero-order valence-electron chi connectivity index (χ0n) is 30.5. The van der Waals surface area contributed by atoms with Gasteiger partial charge in [0.25, 0.3) is 0 Å². The van der Waals surface area contributed by atoms with Crippen LogP contribution in [0.1, 0.15) is 0 Å². The molecular formula is C49H27F2N7. The minimum atomic E-state index is -0.540. The Morgan fingerprint density at radius 1 is 0.310 bits per heavy atom. The van der Waals surface area contributed by atoms with Crippen molar-refractivity contribution in [3.05, 3.63) is 176 Å². The third kappa shape index (κ3) is 5.76. The highest BCUT2D eigenvalue weighted by molar-refractivity contribution is 6.04. The van der Waals surface area contributed by atoms with Gasteiger partial charge in [-0.3, -0.25) is 19.9 Å². The molecule has 0 spiro atoms. The molecule has 0 unspecified atom stereocenters. The lowest BCUT2D eigenvalue weighted by atomic mass is 10.0. The van der Waals surface area contributed by atoms with Crippen molar-refractivity contribution in [2.45, 2.75) is 0 Å². The Morgan fingerprint density at radius 3 is 1.29 bits per heavy atom. The van der Waals surface area contributed by atoms with Gasteiger partial charge >= 0.3 is 0 Å². The van der Waals surface area contributed by atoms with Gasteiger partial charge in [0, 0.05) is 63.0 Å². The summed E-state index contributed by atoms with van der Waals surface area (Å²) >= 11 is 0. The number of hydrogen-bond acceptors (Lipinski definition) is 7. The fraction of sp³-hybridized carbons (Fsp3) is 0. The second-order valence-corrected chi connectivity index (χ2v) is 14.1. The van der Waals surface area contributed by atoms with E-state index in [1.54, 1.807) is 36.9 Å². The first-order valence-electron chi connectivity index (χ1n) is 18.7. The molecule has 272 valence electrons. The van der Waals surface area contributed by atoms with Crippen molar-refractivity contribution in [1.29, 1.82) is 0 Å². The van der Waals surface area contributed by atoms with Gasteiger partial charge in [-0.15, -0.1) is 0 Å². The summed E-state index contributed by atoms with van der Waals surface area (Å²) < 4.78 is 32.6. The van der Waals surface area contributed by atoms with Crippen LogP contribution in [0.4, 0.5) is 8.78 Å². The highest BCUT2D eigenvalue weighted by Gasteiger charge is 2.19. The third-order valence-corrected chi connectivity index (χ3v) is 10.6. The van der Waals surface area contributed by atoms with Crippen LogP contribution >= 0.6 is 0 Å². The van der Waals surface area contributed by atoms with Crippen LogP contribution in [0.5, 0.6) is 0 Å². The van der Waals surface area contributed by atoms with Crippen LogP contribution in [0.3, 0.4) is 0 Å². The summed E-state index contributed by atoms with van der Waals surface area (Å²) in [5.74, 6) is -0.635. The van der Waals surface area contributed by atoms with Gasteiger partial charge < -0.3 is 0 Å². The van der Waals surface area contributed by atoms with Gasteiger partial charge in [0.1, 0.15) is 11.6 Å².